The summed E-state index contributed by atoms with van der Waals surface area (Å²) in [4.78, 5) is 43.6. The van der Waals surface area contributed by atoms with Gasteiger partial charge in [-0.05, 0) is 67.9 Å². The Bertz CT molecular complexity index is 1870. The Morgan fingerprint density at radius 1 is 1.12 bits per heavy atom. The zero-order chi connectivity index (χ0) is 29.3. The van der Waals surface area contributed by atoms with Crippen molar-refractivity contribution < 1.29 is 28.2 Å². The van der Waals surface area contributed by atoms with Crippen LogP contribution in [0.3, 0.4) is 0 Å². The van der Waals surface area contributed by atoms with E-state index < -0.39 is 18.0 Å². The standard InChI is InChI=1S/C30H25ClN2O7S/c1-5-38-29(36)26-16(2)32-30-33(27(26)19-8-12-23(39-17(3)34)24(14-19)37-4)28(35)25(41-30)15-21-11-13-22(40-21)18-6-9-20(31)10-7-18/h6-15,27H,5H2,1-4H3/b25-15+/t27-/m1/s1. The van der Waals surface area contributed by atoms with Crippen molar-refractivity contribution in [3.63, 3.8) is 0 Å². The summed E-state index contributed by atoms with van der Waals surface area (Å²) >= 11 is 7.17. The van der Waals surface area contributed by atoms with Gasteiger partial charge in [-0.25, -0.2) is 9.79 Å². The summed E-state index contributed by atoms with van der Waals surface area (Å²) in [5.41, 5.74) is 1.67. The van der Waals surface area contributed by atoms with Gasteiger partial charge in [-0.1, -0.05) is 29.0 Å². The molecule has 2 aromatic heterocycles. The molecule has 0 saturated carbocycles. The third-order valence-corrected chi connectivity index (χ3v) is 7.54. The number of allylic oxidation sites excluding steroid dienone is 1. The molecule has 1 aliphatic heterocycles. The second kappa shape index (κ2) is 11.6. The number of nitrogens with zero attached hydrogens (tertiary/aromatic N) is 2. The van der Waals surface area contributed by atoms with Gasteiger partial charge >= 0.3 is 11.9 Å². The largest absolute Gasteiger partial charge is 0.493 e. The minimum atomic E-state index is -0.867. The van der Waals surface area contributed by atoms with E-state index in [0.717, 1.165) is 5.56 Å². The summed E-state index contributed by atoms with van der Waals surface area (Å²) in [6.07, 6.45) is 1.65. The first kappa shape index (κ1) is 28.1. The zero-order valence-electron chi connectivity index (χ0n) is 22.6. The first-order valence-electron chi connectivity index (χ1n) is 12.6. The Morgan fingerprint density at radius 2 is 1.88 bits per heavy atom. The van der Waals surface area contributed by atoms with Gasteiger partial charge in [-0.3, -0.25) is 14.2 Å². The van der Waals surface area contributed by atoms with Crippen molar-refractivity contribution in [1.29, 1.82) is 0 Å². The number of hydrogen-bond acceptors (Lipinski definition) is 9. The highest BCUT2D eigenvalue weighted by atomic mass is 35.5. The quantitative estimate of drug-likeness (QED) is 0.227. The first-order chi connectivity index (χ1) is 19.7. The Kier molecular flexibility index (Phi) is 7.96. The molecule has 1 aliphatic rings. The van der Waals surface area contributed by atoms with Crippen LogP contribution in [0.5, 0.6) is 11.5 Å². The van der Waals surface area contributed by atoms with Gasteiger partial charge in [-0.2, -0.15) is 0 Å². The fourth-order valence-corrected chi connectivity index (χ4v) is 5.68. The summed E-state index contributed by atoms with van der Waals surface area (Å²) in [7, 11) is 1.44. The lowest BCUT2D eigenvalue weighted by Gasteiger charge is -2.25. The van der Waals surface area contributed by atoms with Crippen molar-refractivity contribution >= 4 is 41.0 Å². The molecule has 1 atom stereocenters. The van der Waals surface area contributed by atoms with Crippen LogP contribution in [0.2, 0.25) is 5.02 Å². The molecule has 210 valence electrons. The number of carbonyl (C=O) groups is 2. The highest BCUT2D eigenvalue weighted by molar-refractivity contribution is 7.07. The summed E-state index contributed by atoms with van der Waals surface area (Å²) in [5.74, 6) is 0.482. The van der Waals surface area contributed by atoms with Gasteiger partial charge in [0.15, 0.2) is 16.3 Å². The van der Waals surface area contributed by atoms with E-state index in [1.165, 1.54) is 29.9 Å². The van der Waals surface area contributed by atoms with Crippen LogP contribution in [0, 0.1) is 0 Å². The number of thiazole rings is 1. The molecule has 0 radical (unpaired) electrons. The number of carbonyl (C=O) groups excluding carboxylic acids is 2. The second-order valence-electron chi connectivity index (χ2n) is 9.02. The molecule has 0 aliphatic carbocycles. The van der Waals surface area contributed by atoms with Crippen molar-refractivity contribution in [2.24, 2.45) is 4.99 Å². The molecule has 0 spiro atoms. The Labute approximate surface area is 243 Å². The SMILES string of the molecule is CCOC(=O)C1=C(C)N=c2s/c(=C/c3ccc(-c4ccc(Cl)cc4)o3)c(=O)n2[C@@H]1c1ccc(OC(C)=O)c(OC)c1. The molecule has 41 heavy (non-hydrogen) atoms. The van der Waals surface area contributed by atoms with Crippen LogP contribution in [-0.4, -0.2) is 30.2 Å². The predicted molar refractivity (Wildman–Crippen MR) is 154 cm³/mol. The number of halogens is 1. The average Bonchev–Trinajstić information content (AvgIpc) is 3.52. The van der Waals surface area contributed by atoms with Crippen LogP contribution < -0.4 is 24.4 Å². The zero-order valence-corrected chi connectivity index (χ0v) is 24.2. The summed E-state index contributed by atoms with van der Waals surface area (Å²) in [6.45, 7) is 4.84. The molecule has 9 nitrogen and oxygen atoms in total. The van der Waals surface area contributed by atoms with E-state index in [1.54, 1.807) is 56.3 Å². The molecule has 3 heterocycles. The van der Waals surface area contributed by atoms with E-state index in [1.807, 2.05) is 18.2 Å². The molecular weight excluding hydrogens is 568 g/mol. The van der Waals surface area contributed by atoms with Gasteiger partial charge in [0.1, 0.15) is 11.5 Å². The molecule has 0 unspecified atom stereocenters. The molecule has 5 rings (SSSR count). The van der Waals surface area contributed by atoms with Crippen molar-refractivity contribution in [3.05, 3.63) is 102 Å². The Balaban J connectivity index is 1.64. The molecule has 2 aromatic carbocycles. The van der Waals surface area contributed by atoms with Crippen LogP contribution in [0.1, 0.15) is 38.1 Å². The second-order valence-corrected chi connectivity index (χ2v) is 10.5. The number of furan rings is 1. The number of fused-ring (bicyclic) bond motifs is 1. The Hall–Kier alpha value is -4.41. The summed E-state index contributed by atoms with van der Waals surface area (Å²) < 4.78 is 23.9. The predicted octanol–water partition coefficient (Wildman–Crippen LogP) is 4.65. The van der Waals surface area contributed by atoms with Crippen molar-refractivity contribution in [1.82, 2.24) is 4.57 Å². The smallest absolute Gasteiger partial charge is 0.338 e. The third-order valence-electron chi connectivity index (χ3n) is 6.30. The van der Waals surface area contributed by atoms with E-state index in [4.69, 9.17) is 30.2 Å². The van der Waals surface area contributed by atoms with Gasteiger partial charge in [0.05, 0.1) is 35.6 Å². The van der Waals surface area contributed by atoms with Crippen molar-refractivity contribution in [2.45, 2.75) is 26.8 Å². The lowest BCUT2D eigenvalue weighted by atomic mass is 9.95. The maximum absolute atomic E-state index is 13.9. The van der Waals surface area contributed by atoms with Crippen LogP contribution in [0.25, 0.3) is 17.4 Å². The van der Waals surface area contributed by atoms with Crippen molar-refractivity contribution in [2.75, 3.05) is 13.7 Å². The lowest BCUT2D eigenvalue weighted by molar-refractivity contribution is -0.139. The number of rotatable bonds is 7. The maximum Gasteiger partial charge on any atom is 0.338 e. The summed E-state index contributed by atoms with van der Waals surface area (Å²) in [6, 6.07) is 14.8. The van der Waals surface area contributed by atoms with Gasteiger partial charge in [0.2, 0.25) is 0 Å². The highest BCUT2D eigenvalue weighted by Gasteiger charge is 2.34. The molecule has 0 fully saturated rings. The van der Waals surface area contributed by atoms with Gasteiger partial charge in [0.25, 0.3) is 5.56 Å². The number of benzene rings is 2. The van der Waals surface area contributed by atoms with Gasteiger partial charge in [-0.15, -0.1) is 0 Å². The maximum atomic E-state index is 13.9. The molecule has 0 bridgehead atoms. The lowest BCUT2D eigenvalue weighted by Crippen LogP contribution is -2.39. The normalized spacial score (nSPS) is 14.9. The Morgan fingerprint density at radius 3 is 2.56 bits per heavy atom. The van der Waals surface area contributed by atoms with E-state index in [0.29, 0.717) is 37.1 Å². The monoisotopic (exact) mass is 592 g/mol. The number of methoxy groups -OCH3 is 1. The van der Waals surface area contributed by atoms with Crippen LogP contribution in [0.4, 0.5) is 0 Å². The number of aromatic nitrogens is 1. The fourth-order valence-electron chi connectivity index (χ4n) is 4.53. The van der Waals surface area contributed by atoms with Crippen molar-refractivity contribution in [3.8, 4) is 22.8 Å². The number of hydrogen-bond donors (Lipinski definition) is 0. The van der Waals surface area contributed by atoms with Gasteiger partial charge < -0.3 is 18.6 Å². The summed E-state index contributed by atoms with van der Waals surface area (Å²) in [5, 5.41) is 0.618. The molecule has 4 aromatic rings. The van der Waals surface area contributed by atoms with Crippen LogP contribution >= 0.6 is 22.9 Å². The molecule has 0 N–H and O–H groups in total. The average molecular weight is 593 g/mol. The minimum Gasteiger partial charge on any atom is -0.493 e. The topological polar surface area (TPSA) is 109 Å². The van der Waals surface area contributed by atoms with E-state index in [9.17, 15) is 14.4 Å². The molecule has 0 amide bonds. The molecule has 0 saturated heterocycles. The molecular formula is C30H25ClN2O7S. The number of ether oxygens (including phenoxy) is 3. The first-order valence-corrected chi connectivity index (χ1v) is 13.8. The van der Waals surface area contributed by atoms with E-state index >= 15 is 0 Å². The fraction of sp³-hybridized carbons (Fsp3) is 0.200. The number of esters is 2. The van der Waals surface area contributed by atoms with E-state index in [-0.39, 0.29) is 29.2 Å². The highest BCUT2D eigenvalue weighted by Crippen LogP contribution is 2.36. The van der Waals surface area contributed by atoms with Crippen LogP contribution in [-0.2, 0) is 14.3 Å². The van der Waals surface area contributed by atoms with Crippen LogP contribution in [0.15, 0.2) is 80.1 Å². The van der Waals surface area contributed by atoms with Gasteiger partial charge in [0, 0.05) is 23.6 Å². The van der Waals surface area contributed by atoms with E-state index in [2.05, 4.69) is 4.99 Å². The minimum absolute atomic E-state index is 0.149. The third kappa shape index (κ3) is 5.61. The molecule has 11 heteroatoms.